The van der Waals surface area contributed by atoms with Crippen LogP contribution in [0.25, 0.3) is 0 Å². The van der Waals surface area contributed by atoms with Crippen molar-refractivity contribution in [2.75, 3.05) is 25.5 Å². The summed E-state index contributed by atoms with van der Waals surface area (Å²) in [4.78, 5) is 24.1. The van der Waals surface area contributed by atoms with Crippen LogP contribution >= 0.6 is 0 Å². The van der Waals surface area contributed by atoms with Gasteiger partial charge < -0.3 is 15.0 Å². The van der Waals surface area contributed by atoms with Crippen LogP contribution < -0.4 is 10.2 Å². The highest BCUT2D eigenvalue weighted by Gasteiger charge is 2.20. The van der Waals surface area contributed by atoms with Gasteiger partial charge >= 0.3 is 5.97 Å². The molecule has 1 atom stereocenters. The summed E-state index contributed by atoms with van der Waals surface area (Å²) in [5.74, 6) is -1.07. The van der Waals surface area contributed by atoms with Gasteiger partial charge in [0, 0.05) is 5.69 Å². The first-order chi connectivity index (χ1) is 9.65. The Kier molecular flexibility index (Phi) is 5.84. The van der Waals surface area contributed by atoms with Gasteiger partial charge in [0.15, 0.2) is 13.1 Å². The number of ether oxygens (including phenoxy) is 1. The van der Waals surface area contributed by atoms with Crippen molar-refractivity contribution < 1.29 is 23.6 Å². The molecule has 116 valence electrons. The first-order valence-electron chi connectivity index (χ1n) is 6.74. The van der Waals surface area contributed by atoms with Crippen molar-refractivity contribution in [3.63, 3.8) is 0 Å². The van der Waals surface area contributed by atoms with E-state index in [-0.39, 0.29) is 25.0 Å². The molecular formula is C15H22FN2O3+. The highest BCUT2D eigenvalue weighted by molar-refractivity contribution is 5.91. The Morgan fingerprint density at radius 2 is 1.95 bits per heavy atom. The number of anilines is 1. The number of hydrogen-bond donors (Lipinski definition) is 2. The van der Waals surface area contributed by atoms with Crippen molar-refractivity contribution in [2.24, 2.45) is 0 Å². The lowest BCUT2D eigenvalue weighted by molar-refractivity contribution is -0.863. The summed E-state index contributed by atoms with van der Waals surface area (Å²) in [6.07, 6.45) is 0. The summed E-state index contributed by atoms with van der Waals surface area (Å²) in [7, 11) is 1.72. The molecule has 0 bridgehead atoms. The zero-order valence-electron chi connectivity index (χ0n) is 12.8. The third-order valence-corrected chi connectivity index (χ3v) is 2.44. The molecule has 5 nitrogen and oxygen atoms in total. The number of quaternary nitrogens is 1. The summed E-state index contributed by atoms with van der Waals surface area (Å²) >= 11 is 0. The van der Waals surface area contributed by atoms with E-state index < -0.39 is 11.4 Å². The summed E-state index contributed by atoms with van der Waals surface area (Å²) in [6, 6.07) is 5.66. The van der Waals surface area contributed by atoms with Crippen molar-refractivity contribution in [1.29, 1.82) is 0 Å². The molecule has 0 fully saturated rings. The van der Waals surface area contributed by atoms with Crippen LogP contribution in [0.5, 0.6) is 0 Å². The molecule has 0 aromatic heterocycles. The van der Waals surface area contributed by atoms with Gasteiger partial charge in [0.1, 0.15) is 11.4 Å². The number of carbonyl (C=O) groups is 2. The lowest BCUT2D eigenvalue weighted by Crippen LogP contribution is -3.11. The van der Waals surface area contributed by atoms with Gasteiger partial charge in [-0.15, -0.1) is 0 Å². The maximum Gasteiger partial charge on any atom is 0.362 e. The van der Waals surface area contributed by atoms with E-state index in [1.807, 2.05) is 0 Å². The maximum absolute atomic E-state index is 13.0. The standard InChI is InChI=1S/C15H21FN2O3/c1-15(2,3)21-14(20)10-18(4)9-13(19)17-12-7-5-6-11(16)8-12/h5-8H,9-10H2,1-4H3,(H,17,19)/p+1. The van der Waals surface area contributed by atoms with Gasteiger partial charge in [-0.25, -0.2) is 9.18 Å². The van der Waals surface area contributed by atoms with Gasteiger partial charge in [0.05, 0.1) is 7.05 Å². The van der Waals surface area contributed by atoms with Crippen LogP contribution in [-0.4, -0.2) is 37.6 Å². The number of likely N-dealkylation sites (N-methyl/N-ethyl adjacent to an activating group) is 1. The maximum atomic E-state index is 13.0. The van der Waals surface area contributed by atoms with E-state index in [1.54, 1.807) is 33.9 Å². The Balaban J connectivity index is 2.42. The summed E-state index contributed by atoms with van der Waals surface area (Å²) in [6.45, 7) is 5.55. The second-order valence-electron chi connectivity index (χ2n) is 5.96. The van der Waals surface area contributed by atoms with Crippen LogP contribution in [0.3, 0.4) is 0 Å². The fourth-order valence-electron chi connectivity index (χ4n) is 1.73. The van der Waals surface area contributed by atoms with Crippen LogP contribution in [0, 0.1) is 5.82 Å². The Labute approximate surface area is 124 Å². The molecule has 1 amide bonds. The van der Waals surface area contributed by atoms with Gasteiger partial charge in [-0.3, -0.25) is 4.79 Å². The van der Waals surface area contributed by atoms with Crippen molar-refractivity contribution in [2.45, 2.75) is 26.4 Å². The third kappa shape index (κ3) is 7.41. The Morgan fingerprint density at radius 1 is 1.29 bits per heavy atom. The Morgan fingerprint density at radius 3 is 2.52 bits per heavy atom. The molecule has 0 aliphatic rings. The SMILES string of the molecule is C[NH+](CC(=O)Nc1cccc(F)c1)CC(=O)OC(C)(C)C. The second-order valence-corrected chi connectivity index (χ2v) is 5.96. The Hall–Kier alpha value is -1.95. The average Bonchev–Trinajstić information content (AvgIpc) is 2.24. The molecule has 1 rings (SSSR count). The van der Waals surface area contributed by atoms with E-state index in [2.05, 4.69) is 5.32 Å². The van der Waals surface area contributed by atoms with E-state index in [1.165, 1.54) is 18.2 Å². The first-order valence-corrected chi connectivity index (χ1v) is 6.74. The molecule has 1 aromatic carbocycles. The van der Waals surface area contributed by atoms with Gasteiger partial charge in [-0.2, -0.15) is 0 Å². The quantitative estimate of drug-likeness (QED) is 0.783. The molecule has 21 heavy (non-hydrogen) atoms. The molecule has 0 radical (unpaired) electrons. The largest absolute Gasteiger partial charge is 0.456 e. The molecule has 0 aliphatic heterocycles. The number of esters is 1. The molecule has 0 saturated heterocycles. The number of rotatable bonds is 5. The highest BCUT2D eigenvalue weighted by atomic mass is 19.1. The number of carbonyl (C=O) groups excluding carboxylic acids is 2. The highest BCUT2D eigenvalue weighted by Crippen LogP contribution is 2.08. The molecule has 6 heteroatoms. The van der Waals surface area contributed by atoms with Crippen LogP contribution in [-0.2, 0) is 14.3 Å². The third-order valence-electron chi connectivity index (χ3n) is 2.44. The number of benzene rings is 1. The predicted molar refractivity (Wildman–Crippen MR) is 77.5 cm³/mol. The second kappa shape index (κ2) is 7.17. The molecule has 0 aliphatic carbocycles. The molecule has 1 unspecified atom stereocenters. The number of halogens is 1. The smallest absolute Gasteiger partial charge is 0.362 e. The molecule has 2 N–H and O–H groups in total. The molecule has 0 spiro atoms. The van der Waals surface area contributed by atoms with Gasteiger partial charge in [-0.1, -0.05) is 6.07 Å². The van der Waals surface area contributed by atoms with Crippen LogP contribution in [0.1, 0.15) is 20.8 Å². The van der Waals surface area contributed by atoms with E-state index in [4.69, 9.17) is 4.74 Å². The predicted octanol–water partition coefficient (Wildman–Crippen LogP) is 0.621. The minimum atomic E-state index is -0.540. The molecule has 0 heterocycles. The van der Waals surface area contributed by atoms with Gasteiger partial charge in [0.25, 0.3) is 5.91 Å². The number of amides is 1. The Bertz CT molecular complexity index is 512. The summed E-state index contributed by atoms with van der Waals surface area (Å²) in [5.41, 5.74) is -0.147. The normalized spacial score (nSPS) is 12.6. The van der Waals surface area contributed by atoms with Crippen LogP contribution in [0.2, 0.25) is 0 Å². The van der Waals surface area contributed by atoms with E-state index in [9.17, 15) is 14.0 Å². The van der Waals surface area contributed by atoms with Crippen molar-refractivity contribution in [1.82, 2.24) is 0 Å². The minimum Gasteiger partial charge on any atom is -0.456 e. The monoisotopic (exact) mass is 297 g/mol. The van der Waals surface area contributed by atoms with Crippen molar-refractivity contribution in [3.05, 3.63) is 30.1 Å². The number of nitrogens with one attached hydrogen (secondary N) is 2. The topological polar surface area (TPSA) is 59.8 Å². The fraction of sp³-hybridized carbons (Fsp3) is 0.467. The molecular weight excluding hydrogens is 275 g/mol. The van der Waals surface area contributed by atoms with Crippen LogP contribution in [0.4, 0.5) is 10.1 Å². The lowest BCUT2D eigenvalue weighted by atomic mass is 10.2. The van der Waals surface area contributed by atoms with E-state index in [0.29, 0.717) is 10.6 Å². The van der Waals surface area contributed by atoms with Gasteiger partial charge in [0.2, 0.25) is 0 Å². The van der Waals surface area contributed by atoms with E-state index in [0.717, 1.165) is 0 Å². The lowest BCUT2D eigenvalue weighted by Gasteiger charge is -2.20. The zero-order chi connectivity index (χ0) is 16.0. The fourth-order valence-corrected chi connectivity index (χ4v) is 1.73. The zero-order valence-corrected chi connectivity index (χ0v) is 12.8. The molecule has 0 saturated carbocycles. The van der Waals surface area contributed by atoms with Gasteiger partial charge in [-0.05, 0) is 39.0 Å². The van der Waals surface area contributed by atoms with Crippen molar-refractivity contribution >= 4 is 17.6 Å². The average molecular weight is 297 g/mol. The number of hydrogen-bond acceptors (Lipinski definition) is 3. The minimum absolute atomic E-state index is 0.0911. The molecule has 1 aromatic rings. The summed E-state index contributed by atoms with van der Waals surface area (Å²) < 4.78 is 18.2. The van der Waals surface area contributed by atoms with Crippen LogP contribution in [0.15, 0.2) is 24.3 Å². The van der Waals surface area contributed by atoms with Crippen molar-refractivity contribution in [3.8, 4) is 0 Å². The summed E-state index contributed by atoms with van der Waals surface area (Å²) in [5, 5.41) is 2.58. The van der Waals surface area contributed by atoms with E-state index >= 15 is 0 Å². The first kappa shape index (κ1) is 17.1.